The van der Waals surface area contributed by atoms with E-state index in [1.54, 1.807) is 0 Å². The Kier molecular flexibility index (Phi) is 1.62. The minimum atomic E-state index is 0.693. The monoisotopic (exact) mass is 213 g/mol. The fraction of sp³-hybridized carbons (Fsp3) is 0.250. The van der Waals surface area contributed by atoms with Gasteiger partial charge in [0, 0.05) is 10.2 Å². The molecule has 0 aromatic heterocycles. The molecule has 1 aromatic rings. The molecule has 58 valence electrons. The van der Waals surface area contributed by atoms with Crippen LogP contribution < -0.4 is 5.73 Å². The Morgan fingerprint density at radius 2 is 2.18 bits per heavy atom. The summed E-state index contributed by atoms with van der Waals surface area (Å²) < 4.78 is 6.33. The van der Waals surface area contributed by atoms with Gasteiger partial charge in [-0.3, -0.25) is 0 Å². The first kappa shape index (κ1) is 7.13. The zero-order valence-electron chi connectivity index (χ0n) is 5.93. The highest BCUT2D eigenvalue weighted by Gasteiger charge is 2.14. The van der Waals surface area contributed by atoms with Gasteiger partial charge in [0.2, 0.25) is 0 Å². The smallest absolute Gasteiger partial charge is 0.0736 e. The largest absolute Gasteiger partial charge is 0.399 e. The standard InChI is InChI=1S/C8H8BrNO/c9-8-2-6(10)1-5-3-11-4-7(5)8/h1-2H,3-4,10H2. The molecule has 1 aliphatic rings. The summed E-state index contributed by atoms with van der Waals surface area (Å²) in [7, 11) is 0. The minimum absolute atomic E-state index is 0.693. The molecule has 2 N–H and O–H groups in total. The van der Waals surface area contributed by atoms with Crippen LogP contribution in [0.4, 0.5) is 5.69 Å². The second-order valence-corrected chi connectivity index (χ2v) is 3.49. The number of ether oxygens (including phenoxy) is 1. The quantitative estimate of drug-likeness (QED) is 0.671. The molecule has 0 bridgehead atoms. The number of anilines is 1. The Balaban J connectivity index is 2.60. The third kappa shape index (κ3) is 1.14. The summed E-state index contributed by atoms with van der Waals surface area (Å²) in [5.74, 6) is 0. The summed E-state index contributed by atoms with van der Waals surface area (Å²) in [5, 5.41) is 0. The number of rotatable bonds is 0. The van der Waals surface area contributed by atoms with Crippen molar-refractivity contribution >= 4 is 21.6 Å². The molecule has 0 aliphatic carbocycles. The molecule has 11 heavy (non-hydrogen) atoms. The Morgan fingerprint density at radius 1 is 1.36 bits per heavy atom. The Bertz CT molecular complexity index is 298. The van der Waals surface area contributed by atoms with E-state index in [1.165, 1.54) is 11.1 Å². The van der Waals surface area contributed by atoms with Gasteiger partial charge in [0.1, 0.15) is 0 Å². The van der Waals surface area contributed by atoms with E-state index in [2.05, 4.69) is 15.9 Å². The molecule has 0 unspecified atom stereocenters. The number of fused-ring (bicyclic) bond motifs is 1. The highest BCUT2D eigenvalue weighted by Crippen LogP contribution is 2.29. The van der Waals surface area contributed by atoms with Crippen molar-refractivity contribution in [1.82, 2.24) is 0 Å². The average molecular weight is 214 g/mol. The molecule has 1 aliphatic heterocycles. The Morgan fingerprint density at radius 3 is 3.00 bits per heavy atom. The van der Waals surface area contributed by atoms with Crippen LogP contribution in [0.5, 0.6) is 0 Å². The molecule has 1 heterocycles. The van der Waals surface area contributed by atoms with Crippen molar-refractivity contribution in [2.75, 3.05) is 5.73 Å². The van der Waals surface area contributed by atoms with Crippen molar-refractivity contribution in [3.63, 3.8) is 0 Å². The second kappa shape index (κ2) is 2.50. The second-order valence-electron chi connectivity index (χ2n) is 2.63. The van der Waals surface area contributed by atoms with Crippen molar-refractivity contribution in [2.45, 2.75) is 13.2 Å². The lowest BCUT2D eigenvalue weighted by atomic mass is 10.1. The van der Waals surface area contributed by atoms with Gasteiger partial charge in [-0.25, -0.2) is 0 Å². The maximum atomic E-state index is 5.65. The van der Waals surface area contributed by atoms with Crippen LogP contribution >= 0.6 is 15.9 Å². The van der Waals surface area contributed by atoms with Crippen LogP contribution in [0.25, 0.3) is 0 Å². The molecule has 0 atom stereocenters. The van der Waals surface area contributed by atoms with Crippen molar-refractivity contribution in [1.29, 1.82) is 0 Å². The predicted molar refractivity (Wildman–Crippen MR) is 47.0 cm³/mol. The number of nitrogen functional groups attached to an aromatic ring is 1. The predicted octanol–water partition coefficient (Wildman–Crippen LogP) is 2.06. The van der Waals surface area contributed by atoms with Crippen molar-refractivity contribution in [3.8, 4) is 0 Å². The maximum Gasteiger partial charge on any atom is 0.0736 e. The van der Waals surface area contributed by atoms with Gasteiger partial charge in [0.15, 0.2) is 0 Å². The zero-order chi connectivity index (χ0) is 7.84. The summed E-state index contributed by atoms with van der Waals surface area (Å²) in [5.41, 5.74) is 8.88. The van der Waals surface area contributed by atoms with Crippen molar-refractivity contribution in [3.05, 3.63) is 27.7 Å². The average Bonchev–Trinajstić information content (AvgIpc) is 2.34. The topological polar surface area (TPSA) is 35.2 Å². The van der Waals surface area contributed by atoms with Gasteiger partial charge in [0.05, 0.1) is 13.2 Å². The van der Waals surface area contributed by atoms with Gasteiger partial charge >= 0.3 is 0 Å². The fourth-order valence-corrected chi connectivity index (χ4v) is 1.90. The van der Waals surface area contributed by atoms with Crippen LogP contribution in [0.1, 0.15) is 11.1 Å². The third-order valence-electron chi connectivity index (χ3n) is 1.81. The van der Waals surface area contributed by atoms with Gasteiger partial charge in [0.25, 0.3) is 0 Å². The van der Waals surface area contributed by atoms with Gasteiger partial charge in [-0.2, -0.15) is 0 Å². The molecule has 0 saturated heterocycles. The maximum absolute atomic E-state index is 5.65. The first-order chi connectivity index (χ1) is 5.27. The van der Waals surface area contributed by atoms with E-state index in [0.29, 0.717) is 13.2 Å². The molecule has 2 nitrogen and oxygen atoms in total. The summed E-state index contributed by atoms with van der Waals surface area (Å²) in [6.45, 7) is 1.40. The SMILES string of the molecule is Nc1cc(Br)c2c(c1)COC2. The molecule has 0 spiro atoms. The van der Waals surface area contributed by atoms with E-state index in [4.69, 9.17) is 10.5 Å². The van der Waals surface area contributed by atoms with Gasteiger partial charge in [-0.15, -0.1) is 0 Å². The molecule has 0 saturated carbocycles. The van der Waals surface area contributed by atoms with E-state index in [9.17, 15) is 0 Å². The van der Waals surface area contributed by atoms with Crippen LogP contribution in [0.15, 0.2) is 16.6 Å². The van der Waals surface area contributed by atoms with E-state index in [-0.39, 0.29) is 0 Å². The third-order valence-corrected chi connectivity index (χ3v) is 2.52. The van der Waals surface area contributed by atoms with Gasteiger partial charge in [-0.05, 0) is 23.3 Å². The summed E-state index contributed by atoms with van der Waals surface area (Å²) in [6, 6.07) is 3.88. The molecular weight excluding hydrogens is 206 g/mol. The molecule has 0 amide bonds. The van der Waals surface area contributed by atoms with E-state index in [1.807, 2.05) is 12.1 Å². The zero-order valence-corrected chi connectivity index (χ0v) is 7.52. The highest BCUT2D eigenvalue weighted by molar-refractivity contribution is 9.10. The molecule has 0 fully saturated rings. The lowest BCUT2D eigenvalue weighted by molar-refractivity contribution is 0.134. The summed E-state index contributed by atoms with van der Waals surface area (Å²) >= 11 is 3.44. The number of hydrogen-bond acceptors (Lipinski definition) is 2. The number of hydrogen-bond donors (Lipinski definition) is 1. The molecular formula is C8H8BrNO. The molecule has 1 aromatic carbocycles. The van der Waals surface area contributed by atoms with Crippen LogP contribution in [-0.2, 0) is 18.0 Å². The molecule has 3 heteroatoms. The number of halogens is 1. The van der Waals surface area contributed by atoms with Crippen molar-refractivity contribution < 1.29 is 4.74 Å². The van der Waals surface area contributed by atoms with Crippen LogP contribution in [-0.4, -0.2) is 0 Å². The van der Waals surface area contributed by atoms with Crippen LogP contribution in [0.3, 0.4) is 0 Å². The lowest BCUT2D eigenvalue weighted by Crippen LogP contribution is -1.89. The van der Waals surface area contributed by atoms with Crippen LogP contribution in [0.2, 0.25) is 0 Å². The normalized spacial score (nSPS) is 15.0. The number of nitrogens with two attached hydrogens (primary N) is 1. The summed E-state index contributed by atoms with van der Waals surface area (Å²) in [6.07, 6.45) is 0. The van der Waals surface area contributed by atoms with Gasteiger partial charge < -0.3 is 10.5 Å². The van der Waals surface area contributed by atoms with E-state index < -0.39 is 0 Å². The lowest BCUT2D eigenvalue weighted by Gasteiger charge is -2.01. The van der Waals surface area contributed by atoms with Crippen molar-refractivity contribution in [2.24, 2.45) is 0 Å². The number of benzene rings is 1. The first-order valence-corrected chi connectivity index (χ1v) is 4.21. The van der Waals surface area contributed by atoms with E-state index in [0.717, 1.165) is 10.2 Å². The van der Waals surface area contributed by atoms with Crippen LogP contribution in [0, 0.1) is 0 Å². The Hall–Kier alpha value is -0.540. The van der Waals surface area contributed by atoms with E-state index >= 15 is 0 Å². The first-order valence-electron chi connectivity index (χ1n) is 3.42. The summed E-state index contributed by atoms with van der Waals surface area (Å²) in [4.78, 5) is 0. The fourth-order valence-electron chi connectivity index (χ4n) is 1.27. The minimum Gasteiger partial charge on any atom is -0.399 e. The van der Waals surface area contributed by atoms with Gasteiger partial charge in [-0.1, -0.05) is 15.9 Å². The molecule has 0 radical (unpaired) electrons. The molecule has 2 rings (SSSR count). The highest BCUT2D eigenvalue weighted by atomic mass is 79.9. The Labute approximate surface area is 73.5 Å².